The molecule has 0 bridgehead atoms. The molecular formula is C23H25N5O2S. The van der Waals surface area contributed by atoms with Gasteiger partial charge in [-0.1, -0.05) is 36.4 Å². The number of urea groups is 1. The van der Waals surface area contributed by atoms with Gasteiger partial charge in [0.05, 0.1) is 11.6 Å². The van der Waals surface area contributed by atoms with Crippen LogP contribution in [0.25, 0.3) is 0 Å². The predicted octanol–water partition coefficient (Wildman–Crippen LogP) is 3.36. The summed E-state index contributed by atoms with van der Waals surface area (Å²) in [7, 11) is 1.80. The van der Waals surface area contributed by atoms with E-state index in [1.54, 1.807) is 23.0 Å². The van der Waals surface area contributed by atoms with Gasteiger partial charge in [-0.2, -0.15) is 0 Å². The van der Waals surface area contributed by atoms with Gasteiger partial charge in [-0.25, -0.2) is 9.78 Å². The minimum Gasteiger partial charge on any atom is -0.352 e. The van der Waals surface area contributed by atoms with Crippen molar-refractivity contribution in [2.24, 2.45) is 5.73 Å². The Morgan fingerprint density at radius 1 is 1.13 bits per heavy atom. The normalized spacial score (nSPS) is 16.2. The van der Waals surface area contributed by atoms with Crippen molar-refractivity contribution in [3.05, 3.63) is 82.2 Å². The van der Waals surface area contributed by atoms with Gasteiger partial charge in [0.15, 0.2) is 0 Å². The Kier molecular flexibility index (Phi) is 6.18. The topological polar surface area (TPSA) is 82.8 Å². The molecule has 2 N–H and O–H groups in total. The molecule has 1 fully saturated rings. The smallest absolute Gasteiger partial charge is 0.315 e. The van der Waals surface area contributed by atoms with Gasteiger partial charge in [0.25, 0.3) is 5.91 Å². The van der Waals surface area contributed by atoms with E-state index in [0.29, 0.717) is 31.7 Å². The number of piperazine rings is 1. The van der Waals surface area contributed by atoms with Crippen molar-refractivity contribution in [2.75, 3.05) is 31.6 Å². The third-order valence-corrected chi connectivity index (χ3v) is 6.49. The minimum atomic E-state index is -0.477. The van der Waals surface area contributed by atoms with E-state index < -0.39 is 6.03 Å². The molecule has 4 rings (SSSR count). The molecule has 1 aliphatic rings. The van der Waals surface area contributed by atoms with Gasteiger partial charge in [-0.3, -0.25) is 4.79 Å². The van der Waals surface area contributed by atoms with Crippen molar-refractivity contribution in [3.63, 3.8) is 0 Å². The third-order valence-electron chi connectivity index (χ3n) is 5.47. The number of primary amides is 1. The number of amides is 3. The van der Waals surface area contributed by atoms with E-state index in [-0.39, 0.29) is 11.9 Å². The molecule has 8 heteroatoms. The number of nitrogens with two attached hydrogens (primary N) is 1. The monoisotopic (exact) mass is 435 g/mol. The largest absolute Gasteiger partial charge is 0.352 e. The maximum atomic E-state index is 13.3. The van der Waals surface area contributed by atoms with Crippen LogP contribution in [0.5, 0.6) is 0 Å². The number of hydrogen-bond donors (Lipinski definition) is 1. The summed E-state index contributed by atoms with van der Waals surface area (Å²) in [5.74, 6) is 0.779. The van der Waals surface area contributed by atoms with E-state index >= 15 is 0 Å². The maximum absolute atomic E-state index is 13.3. The highest BCUT2D eigenvalue weighted by atomic mass is 32.1. The van der Waals surface area contributed by atoms with E-state index in [1.807, 2.05) is 60.0 Å². The first-order chi connectivity index (χ1) is 15.0. The Bertz CT molecular complexity index is 1040. The van der Waals surface area contributed by atoms with Gasteiger partial charge >= 0.3 is 6.03 Å². The Hall–Kier alpha value is -3.39. The van der Waals surface area contributed by atoms with Crippen LogP contribution in [0.15, 0.2) is 66.2 Å². The lowest BCUT2D eigenvalue weighted by atomic mass is 10.1. The molecule has 3 aromatic rings. The summed E-state index contributed by atoms with van der Waals surface area (Å²) in [6.45, 7) is 2.16. The lowest BCUT2D eigenvalue weighted by molar-refractivity contribution is 0.0781. The van der Waals surface area contributed by atoms with Crippen LogP contribution < -0.4 is 10.6 Å². The number of hydrogen-bond acceptors (Lipinski definition) is 5. The zero-order valence-corrected chi connectivity index (χ0v) is 18.2. The molecule has 7 nitrogen and oxygen atoms in total. The van der Waals surface area contributed by atoms with Crippen molar-refractivity contribution in [3.8, 4) is 0 Å². The lowest BCUT2D eigenvalue weighted by Gasteiger charge is -2.41. The van der Waals surface area contributed by atoms with E-state index in [0.717, 1.165) is 16.3 Å². The number of pyridine rings is 1. The Labute approximate surface area is 185 Å². The number of carbonyl (C=O) groups excluding carboxylic acids is 2. The number of aromatic nitrogens is 1. The van der Waals surface area contributed by atoms with Crippen LogP contribution in [0.2, 0.25) is 0 Å². The lowest BCUT2D eigenvalue weighted by Crippen LogP contribution is -2.52. The Morgan fingerprint density at radius 3 is 2.61 bits per heavy atom. The number of thiophene rings is 1. The summed E-state index contributed by atoms with van der Waals surface area (Å²) in [6.07, 6.45) is 1.75. The zero-order chi connectivity index (χ0) is 21.8. The summed E-state index contributed by atoms with van der Waals surface area (Å²) >= 11 is 1.48. The first-order valence-corrected chi connectivity index (χ1v) is 11.0. The van der Waals surface area contributed by atoms with Crippen LogP contribution >= 0.6 is 11.3 Å². The van der Waals surface area contributed by atoms with Crippen LogP contribution in [0, 0.1) is 0 Å². The summed E-state index contributed by atoms with van der Waals surface area (Å²) in [6, 6.07) is 16.7. The van der Waals surface area contributed by atoms with E-state index in [9.17, 15) is 9.59 Å². The molecule has 2 aromatic heterocycles. The van der Waals surface area contributed by atoms with Crippen molar-refractivity contribution >= 4 is 29.1 Å². The number of benzene rings is 1. The van der Waals surface area contributed by atoms with Gasteiger partial charge < -0.3 is 20.4 Å². The third kappa shape index (κ3) is 4.54. The Morgan fingerprint density at radius 2 is 1.90 bits per heavy atom. The summed E-state index contributed by atoms with van der Waals surface area (Å²) in [5.41, 5.74) is 7.37. The molecule has 1 saturated heterocycles. The van der Waals surface area contributed by atoms with Crippen LogP contribution in [0.4, 0.5) is 10.6 Å². The summed E-state index contributed by atoms with van der Waals surface area (Å²) in [5, 5.41) is 1.90. The molecule has 3 heterocycles. The molecule has 1 aliphatic heterocycles. The standard InChI is InChI=1S/C23H25N5O2S/c1-26(15-17-7-3-2-4-8-17)22(29)18-10-14-31-21(18)19-16-27(12-13-28(19)23(24)30)20-9-5-6-11-25-20/h2-11,14,19H,12-13,15-16H2,1H3,(H2,24,30). The SMILES string of the molecule is CN(Cc1ccccc1)C(=O)c1ccsc1C1CN(c2ccccn2)CCN1C(N)=O. The fourth-order valence-electron chi connectivity index (χ4n) is 3.91. The van der Waals surface area contributed by atoms with E-state index in [4.69, 9.17) is 5.73 Å². The predicted molar refractivity (Wildman–Crippen MR) is 122 cm³/mol. The number of anilines is 1. The molecule has 0 radical (unpaired) electrons. The van der Waals surface area contributed by atoms with Crippen LogP contribution in [0.3, 0.4) is 0 Å². The first kappa shape index (κ1) is 20.9. The van der Waals surface area contributed by atoms with Gasteiger partial charge in [0.1, 0.15) is 5.82 Å². The molecule has 0 saturated carbocycles. The molecule has 1 aromatic carbocycles. The number of rotatable bonds is 5. The highest BCUT2D eigenvalue weighted by Crippen LogP contribution is 2.34. The molecule has 0 spiro atoms. The van der Waals surface area contributed by atoms with Gasteiger partial charge in [-0.05, 0) is 29.1 Å². The molecular weight excluding hydrogens is 410 g/mol. The van der Waals surface area contributed by atoms with Gasteiger partial charge in [-0.15, -0.1) is 11.3 Å². The maximum Gasteiger partial charge on any atom is 0.315 e. The van der Waals surface area contributed by atoms with Crippen molar-refractivity contribution < 1.29 is 9.59 Å². The second-order valence-electron chi connectivity index (χ2n) is 7.53. The molecule has 3 amide bonds. The highest BCUT2D eigenvalue weighted by molar-refractivity contribution is 7.10. The first-order valence-electron chi connectivity index (χ1n) is 10.1. The van der Waals surface area contributed by atoms with Gasteiger partial charge in [0, 0.05) is 44.3 Å². The van der Waals surface area contributed by atoms with Crippen molar-refractivity contribution in [2.45, 2.75) is 12.6 Å². The molecule has 1 atom stereocenters. The quantitative estimate of drug-likeness (QED) is 0.666. The van der Waals surface area contributed by atoms with Crippen LogP contribution in [-0.4, -0.2) is 53.4 Å². The minimum absolute atomic E-state index is 0.0699. The van der Waals surface area contributed by atoms with Crippen LogP contribution in [0.1, 0.15) is 26.8 Å². The zero-order valence-electron chi connectivity index (χ0n) is 17.3. The summed E-state index contributed by atoms with van der Waals surface area (Å²) in [4.78, 5) is 36.2. The number of carbonyl (C=O) groups is 2. The molecule has 31 heavy (non-hydrogen) atoms. The van der Waals surface area contributed by atoms with Gasteiger partial charge in [0.2, 0.25) is 0 Å². The molecule has 0 aliphatic carbocycles. The average Bonchev–Trinajstić information content (AvgIpc) is 3.29. The summed E-state index contributed by atoms with van der Waals surface area (Å²) < 4.78 is 0. The molecule has 1 unspecified atom stereocenters. The second kappa shape index (κ2) is 9.18. The van der Waals surface area contributed by atoms with E-state index in [1.165, 1.54) is 11.3 Å². The highest BCUT2D eigenvalue weighted by Gasteiger charge is 2.34. The fourth-order valence-corrected chi connectivity index (χ4v) is 4.90. The molecule has 160 valence electrons. The number of nitrogens with zero attached hydrogens (tertiary/aromatic N) is 4. The van der Waals surface area contributed by atoms with Crippen molar-refractivity contribution in [1.29, 1.82) is 0 Å². The second-order valence-corrected chi connectivity index (χ2v) is 8.47. The Balaban J connectivity index is 1.59. The van der Waals surface area contributed by atoms with Crippen molar-refractivity contribution in [1.82, 2.24) is 14.8 Å². The average molecular weight is 436 g/mol. The fraction of sp³-hybridized carbons (Fsp3) is 0.261. The van der Waals surface area contributed by atoms with E-state index in [2.05, 4.69) is 9.88 Å². The van der Waals surface area contributed by atoms with Crippen LogP contribution in [-0.2, 0) is 6.54 Å².